The number of ketones is 1. The molecule has 0 aliphatic carbocycles. The largest absolute Gasteiger partial charge is 0.396 e. The second-order valence-electron chi connectivity index (χ2n) is 17.5. The van der Waals surface area contributed by atoms with E-state index in [2.05, 4.69) is 65.2 Å². The van der Waals surface area contributed by atoms with Crippen molar-refractivity contribution in [1.82, 2.24) is 9.80 Å². The molecule has 0 aromatic rings. The Bertz CT molecular complexity index is 736. The van der Waals surface area contributed by atoms with Crippen molar-refractivity contribution in [2.24, 2.45) is 29.6 Å². The maximum absolute atomic E-state index is 13.7. The van der Waals surface area contributed by atoms with Crippen LogP contribution in [-0.4, -0.2) is 65.9 Å². The topological polar surface area (TPSA) is 60.9 Å². The monoisotopic (exact) mass is 763 g/mol. The molecule has 5 heteroatoms. The number of hydrogen-bond donors (Lipinski definition) is 1. The molecule has 4 atom stereocenters. The van der Waals surface area contributed by atoms with Crippen LogP contribution in [0.25, 0.3) is 0 Å². The number of carbonyl (C=O) groups is 2. The summed E-state index contributed by atoms with van der Waals surface area (Å²) in [6, 6.07) is 0. The van der Waals surface area contributed by atoms with Crippen molar-refractivity contribution < 1.29 is 14.7 Å². The van der Waals surface area contributed by atoms with Crippen LogP contribution in [0.1, 0.15) is 235 Å². The van der Waals surface area contributed by atoms with E-state index in [4.69, 9.17) is 0 Å². The molecule has 0 aromatic heterocycles. The Labute approximate surface area is 339 Å². The summed E-state index contributed by atoms with van der Waals surface area (Å²) in [5.41, 5.74) is 0. The second-order valence-corrected chi connectivity index (χ2v) is 17.5. The predicted molar refractivity (Wildman–Crippen MR) is 237 cm³/mol. The average Bonchev–Trinajstić information content (AvgIpc) is 3.18. The van der Waals surface area contributed by atoms with E-state index < -0.39 is 0 Å². The fourth-order valence-corrected chi connectivity index (χ4v) is 8.61. The van der Waals surface area contributed by atoms with Gasteiger partial charge in [-0.2, -0.15) is 0 Å². The summed E-state index contributed by atoms with van der Waals surface area (Å²) in [6.45, 7) is 23.7. The van der Waals surface area contributed by atoms with Gasteiger partial charge in [-0.15, -0.1) is 0 Å². The molecule has 5 nitrogen and oxygen atoms in total. The van der Waals surface area contributed by atoms with Gasteiger partial charge < -0.3 is 14.9 Å². The fraction of sp³-hybridized carbons (Fsp3) is 0.959. The highest BCUT2D eigenvalue weighted by molar-refractivity contribution is 5.81. The highest BCUT2D eigenvalue weighted by Crippen LogP contribution is 2.31. The number of hydrogen-bond acceptors (Lipinski definition) is 4. The van der Waals surface area contributed by atoms with Crippen molar-refractivity contribution in [3.05, 3.63) is 0 Å². The van der Waals surface area contributed by atoms with Gasteiger partial charge >= 0.3 is 0 Å². The van der Waals surface area contributed by atoms with Gasteiger partial charge in [-0.1, -0.05) is 158 Å². The average molecular weight is 763 g/mol. The predicted octanol–water partition coefficient (Wildman–Crippen LogP) is 13.8. The Morgan fingerprint density at radius 2 is 0.852 bits per heavy atom. The third-order valence-electron chi connectivity index (χ3n) is 12.8. The van der Waals surface area contributed by atoms with Crippen molar-refractivity contribution in [1.29, 1.82) is 0 Å². The molecule has 4 unspecified atom stereocenters. The molecular formula is C49H98N2O3. The Morgan fingerprint density at radius 1 is 0.463 bits per heavy atom. The van der Waals surface area contributed by atoms with Gasteiger partial charge in [0, 0.05) is 38.5 Å². The highest BCUT2D eigenvalue weighted by Gasteiger charge is 2.25. The van der Waals surface area contributed by atoms with Crippen LogP contribution in [0.15, 0.2) is 0 Å². The van der Waals surface area contributed by atoms with Gasteiger partial charge in [0.2, 0.25) is 5.91 Å². The van der Waals surface area contributed by atoms with Crippen molar-refractivity contribution in [2.75, 3.05) is 39.3 Å². The molecule has 1 amide bonds. The SMILES string of the molecule is CCCCC(CC)CC(CC(CC)CCCC)C(=O)CCCCCN(CCCCO)CCCCCC(=O)N(CC(CC)CCCC)CC(CC)CCCC. The third kappa shape index (κ3) is 27.6. The number of rotatable bonds is 41. The van der Waals surface area contributed by atoms with Crippen molar-refractivity contribution in [3.63, 3.8) is 0 Å². The summed E-state index contributed by atoms with van der Waals surface area (Å²) < 4.78 is 0. The molecule has 0 rings (SSSR count). The molecule has 0 aliphatic heterocycles. The zero-order valence-electron chi connectivity index (χ0n) is 38.1. The molecule has 54 heavy (non-hydrogen) atoms. The lowest BCUT2D eigenvalue weighted by molar-refractivity contribution is -0.132. The van der Waals surface area contributed by atoms with E-state index in [-0.39, 0.29) is 12.5 Å². The van der Waals surface area contributed by atoms with Gasteiger partial charge in [0.15, 0.2) is 0 Å². The van der Waals surface area contributed by atoms with Gasteiger partial charge in [-0.25, -0.2) is 0 Å². The molecule has 1 N–H and O–H groups in total. The first kappa shape index (κ1) is 53.1. The van der Waals surface area contributed by atoms with E-state index in [9.17, 15) is 14.7 Å². The standard InChI is InChI=1S/C49H98N2O3/c1-9-17-29-43(13-5)39-47(40-44(14-6)30-18-10-2)48(53)33-23-21-25-35-50(37-27-28-38-52)36-26-22-24-34-49(54)51(41-45(15-7)31-19-11-3)42-46(16-8)32-20-12-4/h43-47,52H,9-42H2,1-8H3. The minimum Gasteiger partial charge on any atom is -0.396 e. The Morgan fingerprint density at radius 3 is 1.24 bits per heavy atom. The van der Waals surface area contributed by atoms with Gasteiger partial charge in [-0.3, -0.25) is 9.59 Å². The molecule has 0 spiro atoms. The van der Waals surface area contributed by atoms with E-state index >= 15 is 0 Å². The third-order valence-corrected chi connectivity index (χ3v) is 12.8. The van der Waals surface area contributed by atoms with Crippen molar-refractivity contribution >= 4 is 11.7 Å². The minimum absolute atomic E-state index is 0.255. The first-order valence-electron chi connectivity index (χ1n) is 24.4. The number of unbranched alkanes of at least 4 members (excludes halogenated alkanes) is 9. The molecule has 0 bridgehead atoms. The number of aliphatic hydroxyl groups is 1. The molecule has 0 radical (unpaired) electrons. The van der Waals surface area contributed by atoms with Gasteiger partial charge in [0.05, 0.1) is 0 Å². The summed E-state index contributed by atoms with van der Waals surface area (Å²) in [4.78, 5) is 32.2. The highest BCUT2D eigenvalue weighted by atomic mass is 16.3. The summed E-state index contributed by atoms with van der Waals surface area (Å²) in [6.07, 6.45) is 31.8. The van der Waals surface area contributed by atoms with Gasteiger partial charge in [0.25, 0.3) is 0 Å². The zero-order valence-corrected chi connectivity index (χ0v) is 38.1. The molecule has 0 fully saturated rings. The van der Waals surface area contributed by atoms with Crippen molar-refractivity contribution in [3.8, 4) is 0 Å². The number of nitrogens with zero attached hydrogens (tertiary/aromatic N) is 2. The fourth-order valence-electron chi connectivity index (χ4n) is 8.61. The molecule has 0 saturated carbocycles. The quantitative estimate of drug-likeness (QED) is 0.0630. The lowest BCUT2D eigenvalue weighted by atomic mass is 9.79. The van der Waals surface area contributed by atoms with Crippen LogP contribution in [0.5, 0.6) is 0 Å². The van der Waals surface area contributed by atoms with Crippen LogP contribution >= 0.6 is 0 Å². The molecule has 0 aliphatic rings. The summed E-state index contributed by atoms with van der Waals surface area (Å²) in [5.74, 6) is 3.82. The number of amides is 1. The first-order valence-corrected chi connectivity index (χ1v) is 24.4. The number of aliphatic hydroxyl groups excluding tert-OH is 1. The van der Waals surface area contributed by atoms with Crippen LogP contribution in [-0.2, 0) is 9.59 Å². The van der Waals surface area contributed by atoms with E-state index in [0.29, 0.717) is 41.8 Å². The van der Waals surface area contributed by atoms with Crippen LogP contribution in [0, 0.1) is 29.6 Å². The Kier molecular flexibility index (Phi) is 37.0. The molecule has 0 heterocycles. The Hall–Kier alpha value is -0.940. The maximum Gasteiger partial charge on any atom is 0.222 e. The van der Waals surface area contributed by atoms with Crippen LogP contribution in [0.2, 0.25) is 0 Å². The van der Waals surface area contributed by atoms with Crippen LogP contribution in [0.4, 0.5) is 0 Å². The first-order chi connectivity index (χ1) is 26.3. The number of Topliss-reactive ketones (excluding diaryl/α,β-unsaturated/α-hetero) is 1. The summed E-state index contributed by atoms with van der Waals surface area (Å²) in [7, 11) is 0. The Balaban J connectivity index is 5.06. The molecule has 0 saturated heterocycles. The summed E-state index contributed by atoms with van der Waals surface area (Å²) >= 11 is 0. The lowest BCUT2D eigenvalue weighted by Gasteiger charge is -2.31. The smallest absolute Gasteiger partial charge is 0.222 e. The second kappa shape index (κ2) is 37.6. The van der Waals surface area contributed by atoms with Gasteiger partial charge in [-0.05, 0) is 108 Å². The number of carbonyl (C=O) groups excluding carboxylic acids is 2. The van der Waals surface area contributed by atoms with E-state index in [1.807, 2.05) is 0 Å². The lowest BCUT2D eigenvalue weighted by Crippen LogP contribution is -2.38. The molecular weight excluding hydrogens is 665 g/mol. The zero-order chi connectivity index (χ0) is 40.2. The summed E-state index contributed by atoms with van der Waals surface area (Å²) in [5, 5.41) is 9.43. The van der Waals surface area contributed by atoms with Gasteiger partial charge in [0.1, 0.15) is 5.78 Å². The van der Waals surface area contributed by atoms with Crippen molar-refractivity contribution in [2.45, 2.75) is 235 Å². The van der Waals surface area contributed by atoms with E-state index in [1.165, 1.54) is 89.9 Å². The van der Waals surface area contributed by atoms with E-state index in [1.54, 1.807) is 0 Å². The molecule has 322 valence electrons. The minimum atomic E-state index is 0.255. The normalized spacial score (nSPS) is 14.6. The van der Waals surface area contributed by atoms with Crippen LogP contribution in [0.3, 0.4) is 0 Å². The molecule has 0 aromatic carbocycles. The van der Waals surface area contributed by atoms with Crippen LogP contribution < -0.4 is 0 Å². The maximum atomic E-state index is 13.7. The van der Waals surface area contributed by atoms with E-state index in [0.717, 1.165) is 116 Å².